The molecular formula is C9H17O3PS2. The summed E-state index contributed by atoms with van der Waals surface area (Å²) < 4.78 is 22.9. The Labute approximate surface area is 98.9 Å². The summed E-state index contributed by atoms with van der Waals surface area (Å²) in [4.78, 5) is 0. The smallest absolute Gasteiger partial charge is 0.188 e. The summed E-state index contributed by atoms with van der Waals surface area (Å²) in [5.74, 6) is 0. The van der Waals surface area contributed by atoms with Crippen LogP contribution in [-0.4, -0.2) is 43.6 Å². The standard InChI is InChI=1S/C9H17O3PS2/c1-13(10,14-8-2-4-11-6-8)15-9-3-5-12-7-9/h8-9H,2-7H2,1H3. The molecule has 3 nitrogen and oxygen atoms in total. The lowest BCUT2D eigenvalue weighted by Gasteiger charge is -2.18. The first-order valence-corrected chi connectivity index (χ1v) is 10.4. The lowest BCUT2D eigenvalue weighted by molar-refractivity contribution is 0.199. The van der Waals surface area contributed by atoms with E-state index in [1.54, 1.807) is 22.8 Å². The Kier molecular flexibility index (Phi) is 4.48. The lowest BCUT2D eigenvalue weighted by Crippen LogP contribution is -2.02. The van der Waals surface area contributed by atoms with Gasteiger partial charge in [-0.3, -0.25) is 0 Å². The Morgan fingerprint density at radius 1 is 1.07 bits per heavy atom. The van der Waals surface area contributed by atoms with Crippen molar-refractivity contribution in [1.82, 2.24) is 0 Å². The van der Waals surface area contributed by atoms with Crippen molar-refractivity contribution in [1.29, 1.82) is 0 Å². The highest BCUT2D eigenvalue weighted by atomic mass is 33.1. The van der Waals surface area contributed by atoms with Gasteiger partial charge in [-0.25, -0.2) is 0 Å². The molecule has 0 spiro atoms. The van der Waals surface area contributed by atoms with Crippen LogP contribution in [0.4, 0.5) is 0 Å². The van der Waals surface area contributed by atoms with Crippen LogP contribution in [0.5, 0.6) is 0 Å². The molecule has 2 unspecified atom stereocenters. The minimum Gasteiger partial charge on any atom is -0.380 e. The Hall–Kier alpha value is 0.850. The van der Waals surface area contributed by atoms with Gasteiger partial charge in [0.1, 0.15) is 0 Å². The monoisotopic (exact) mass is 268 g/mol. The van der Waals surface area contributed by atoms with E-state index >= 15 is 0 Å². The van der Waals surface area contributed by atoms with Gasteiger partial charge in [0.15, 0.2) is 5.55 Å². The zero-order chi connectivity index (χ0) is 10.7. The van der Waals surface area contributed by atoms with Gasteiger partial charge in [-0.05, 0) is 12.8 Å². The summed E-state index contributed by atoms with van der Waals surface area (Å²) in [6.07, 6.45) is 2.09. The van der Waals surface area contributed by atoms with Crippen LogP contribution >= 0.6 is 28.3 Å². The summed E-state index contributed by atoms with van der Waals surface area (Å²) in [5.41, 5.74) is -2.12. The number of ether oxygens (including phenoxy) is 2. The fraction of sp³-hybridized carbons (Fsp3) is 1.00. The molecule has 2 rings (SSSR count). The normalized spacial score (nSPS) is 35.5. The SMILES string of the molecule is CP(=O)(SC1CCOC1)SC1CCOC1. The fourth-order valence-electron chi connectivity index (χ4n) is 1.76. The van der Waals surface area contributed by atoms with E-state index in [-0.39, 0.29) is 0 Å². The first-order valence-electron chi connectivity index (χ1n) is 5.25. The highest BCUT2D eigenvalue weighted by molar-refractivity contribution is 8.90. The van der Waals surface area contributed by atoms with E-state index < -0.39 is 5.55 Å². The molecule has 0 saturated carbocycles. The maximum atomic E-state index is 12.3. The van der Waals surface area contributed by atoms with E-state index in [0.29, 0.717) is 10.5 Å². The van der Waals surface area contributed by atoms with E-state index in [2.05, 4.69) is 0 Å². The summed E-state index contributed by atoms with van der Waals surface area (Å²) in [5, 5.41) is 0.881. The van der Waals surface area contributed by atoms with Crippen LogP contribution in [-0.2, 0) is 14.0 Å². The summed E-state index contributed by atoms with van der Waals surface area (Å²) >= 11 is 3.27. The molecule has 15 heavy (non-hydrogen) atoms. The van der Waals surface area contributed by atoms with Gasteiger partial charge < -0.3 is 14.0 Å². The second kappa shape index (κ2) is 5.46. The highest BCUT2D eigenvalue weighted by Crippen LogP contribution is 2.69. The van der Waals surface area contributed by atoms with E-state index in [4.69, 9.17) is 9.47 Å². The first kappa shape index (κ1) is 12.3. The fourth-order valence-corrected chi connectivity index (χ4v) is 10.6. The Morgan fingerprint density at radius 3 is 1.87 bits per heavy atom. The summed E-state index contributed by atoms with van der Waals surface area (Å²) in [6.45, 7) is 5.08. The third-order valence-corrected chi connectivity index (χ3v) is 10.2. The maximum absolute atomic E-state index is 12.3. The zero-order valence-electron chi connectivity index (χ0n) is 8.89. The van der Waals surface area contributed by atoms with Gasteiger partial charge in [-0.2, -0.15) is 0 Å². The molecule has 0 aliphatic carbocycles. The molecule has 0 bridgehead atoms. The van der Waals surface area contributed by atoms with Crippen LogP contribution in [0.25, 0.3) is 0 Å². The Morgan fingerprint density at radius 2 is 1.53 bits per heavy atom. The van der Waals surface area contributed by atoms with Crippen molar-refractivity contribution in [2.45, 2.75) is 23.3 Å². The van der Waals surface area contributed by atoms with Gasteiger partial charge >= 0.3 is 0 Å². The van der Waals surface area contributed by atoms with Gasteiger partial charge in [-0.15, -0.1) is 0 Å². The molecule has 0 radical (unpaired) electrons. The third kappa shape index (κ3) is 3.97. The molecule has 2 aliphatic rings. The van der Waals surface area contributed by atoms with Crippen LogP contribution in [0.2, 0.25) is 0 Å². The molecule has 2 fully saturated rings. The van der Waals surface area contributed by atoms with Gasteiger partial charge in [0, 0.05) is 30.4 Å². The van der Waals surface area contributed by atoms with E-state index in [1.807, 2.05) is 6.66 Å². The van der Waals surface area contributed by atoms with Gasteiger partial charge in [0.25, 0.3) is 0 Å². The molecule has 6 heteroatoms. The second-order valence-corrected chi connectivity index (χ2v) is 13.4. The Balaban J connectivity index is 1.79. The maximum Gasteiger partial charge on any atom is 0.188 e. The van der Waals surface area contributed by atoms with Crippen molar-refractivity contribution in [3.63, 3.8) is 0 Å². The average molecular weight is 268 g/mol. The van der Waals surface area contributed by atoms with E-state index in [0.717, 1.165) is 39.3 Å². The molecule has 2 atom stereocenters. The first-order chi connectivity index (χ1) is 7.16. The minimum absolute atomic E-state index is 0.440. The molecule has 88 valence electrons. The molecule has 0 amide bonds. The molecule has 2 saturated heterocycles. The largest absolute Gasteiger partial charge is 0.380 e. The van der Waals surface area contributed by atoms with Gasteiger partial charge in [0.2, 0.25) is 0 Å². The topological polar surface area (TPSA) is 35.5 Å². The van der Waals surface area contributed by atoms with Crippen molar-refractivity contribution in [2.24, 2.45) is 0 Å². The average Bonchev–Trinajstić information content (AvgIpc) is 2.75. The molecule has 0 N–H and O–H groups in total. The molecule has 0 aromatic carbocycles. The van der Waals surface area contributed by atoms with Crippen molar-refractivity contribution >= 4 is 28.3 Å². The Bertz CT molecular complexity index is 228. The van der Waals surface area contributed by atoms with Crippen LogP contribution in [0, 0.1) is 0 Å². The quantitative estimate of drug-likeness (QED) is 0.733. The molecular weight excluding hydrogens is 251 g/mol. The van der Waals surface area contributed by atoms with E-state index in [9.17, 15) is 4.57 Å². The molecule has 0 aromatic heterocycles. The van der Waals surface area contributed by atoms with Crippen molar-refractivity contribution in [2.75, 3.05) is 33.1 Å². The second-order valence-electron chi connectivity index (χ2n) is 3.95. The van der Waals surface area contributed by atoms with Crippen LogP contribution in [0.15, 0.2) is 0 Å². The predicted octanol–water partition coefficient (Wildman–Crippen LogP) is 2.85. The number of hydrogen-bond acceptors (Lipinski definition) is 5. The molecule has 2 heterocycles. The van der Waals surface area contributed by atoms with Crippen molar-refractivity contribution in [3.05, 3.63) is 0 Å². The summed E-state index contributed by atoms with van der Waals surface area (Å²) in [6, 6.07) is 0. The zero-order valence-corrected chi connectivity index (χ0v) is 11.4. The van der Waals surface area contributed by atoms with Crippen LogP contribution < -0.4 is 0 Å². The van der Waals surface area contributed by atoms with Crippen molar-refractivity contribution in [3.8, 4) is 0 Å². The predicted molar refractivity (Wildman–Crippen MR) is 67.2 cm³/mol. The summed E-state index contributed by atoms with van der Waals surface area (Å²) in [7, 11) is 0. The van der Waals surface area contributed by atoms with Crippen LogP contribution in [0.1, 0.15) is 12.8 Å². The van der Waals surface area contributed by atoms with E-state index in [1.165, 1.54) is 0 Å². The lowest BCUT2D eigenvalue weighted by atomic mass is 10.4. The minimum atomic E-state index is -2.12. The highest BCUT2D eigenvalue weighted by Gasteiger charge is 2.30. The van der Waals surface area contributed by atoms with Gasteiger partial charge in [0.05, 0.1) is 13.2 Å². The molecule has 2 aliphatic heterocycles. The molecule has 0 aromatic rings. The number of rotatable bonds is 4. The van der Waals surface area contributed by atoms with Crippen LogP contribution in [0.3, 0.4) is 0 Å². The third-order valence-electron chi connectivity index (χ3n) is 2.46. The van der Waals surface area contributed by atoms with Crippen molar-refractivity contribution < 1.29 is 14.0 Å². The van der Waals surface area contributed by atoms with Gasteiger partial charge in [-0.1, -0.05) is 22.8 Å². The number of hydrogen-bond donors (Lipinski definition) is 0.